The summed E-state index contributed by atoms with van der Waals surface area (Å²) in [5.74, 6) is 0.914. The molecule has 0 heterocycles. The molecule has 180 valence electrons. The van der Waals surface area contributed by atoms with E-state index >= 15 is 0 Å². The van der Waals surface area contributed by atoms with Gasteiger partial charge in [-0.05, 0) is 74.2 Å². The highest BCUT2D eigenvalue weighted by atomic mass is 32.2. The fourth-order valence-corrected chi connectivity index (χ4v) is 5.02. The van der Waals surface area contributed by atoms with E-state index in [9.17, 15) is 13.2 Å². The van der Waals surface area contributed by atoms with E-state index in [0.29, 0.717) is 35.7 Å². The lowest BCUT2D eigenvalue weighted by molar-refractivity contribution is 0.0954. The van der Waals surface area contributed by atoms with Crippen LogP contribution in [0.3, 0.4) is 0 Å². The molecule has 0 aliphatic rings. The van der Waals surface area contributed by atoms with E-state index in [1.54, 1.807) is 39.3 Å². The maximum atomic E-state index is 13.1. The van der Waals surface area contributed by atoms with Crippen LogP contribution in [-0.2, 0) is 16.4 Å². The summed E-state index contributed by atoms with van der Waals surface area (Å²) in [5.41, 5.74) is 4.18. The third-order valence-electron chi connectivity index (χ3n) is 5.51. The molecule has 2 N–H and O–H groups in total. The predicted octanol–water partition coefficient (Wildman–Crippen LogP) is 4.40. The average molecular weight is 483 g/mol. The number of methoxy groups -OCH3 is 2. The van der Waals surface area contributed by atoms with Gasteiger partial charge < -0.3 is 14.8 Å². The second-order valence-electron chi connectivity index (χ2n) is 8.10. The minimum Gasteiger partial charge on any atom is -0.493 e. The van der Waals surface area contributed by atoms with Crippen molar-refractivity contribution in [3.05, 3.63) is 82.4 Å². The molecule has 3 aromatic carbocycles. The van der Waals surface area contributed by atoms with Crippen LogP contribution >= 0.6 is 0 Å². The Kier molecular flexibility index (Phi) is 7.83. The molecule has 1 amide bonds. The first-order valence-corrected chi connectivity index (χ1v) is 12.3. The third-order valence-corrected chi connectivity index (χ3v) is 7.02. The highest BCUT2D eigenvalue weighted by molar-refractivity contribution is 7.92. The van der Waals surface area contributed by atoms with Crippen LogP contribution in [0.2, 0.25) is 0 Å². The van der Waals surface area contributed by atoms with Crippen molar-refractivity contribution >= 4 is 21.6 Å². The van der Waals surface area contributed by atoms with E-state index in [0.717, 1.165) is 16.7 Å². The second-order valence-corrected chi connectivity index (χ2v) is 9.75. The molecule has 0 atom stereocenters. The lowest BCUT2D eigenvalue weighted by Crippen LogP contribution is -2.26. The molecule has 3 aromatic rings. The summed E-state index contributed by atoms with van der Waals surface area (Å²) < 4.78 is 39.4. The number of benzene rings is 3. The number of hydrogen-bond acceptors (Lipinski definition) is 5. The van der Waals surface area contributed by atoms with Gasteiger partial charge in [-0.25, -0.2) is 8.42 Å². The molecule has 0 aliphatic heterocycles. The number of anilines is 1. The smallest absolute Gasteiger partial charge is 0.262 e. The highest BCUT2D eigenvalue weighted by Gasteiger charge is 2.20. The van der Waals surface area contributed by atoms with Gasteiger partial charge in [-0.3, -0.25) is 9.52 Å². The Morgan fingerprint density at radius 2 is 1.59 bits per heavy atom. The van der Waals surface area contributed by atoms with Gasteiger partial charge in [0.25, 0.3) is 15.9 Å². The summed E-state index contributed by atoms with van der Waals surface area (Å²) in [6.45, 7) is 5.88. The summed E-state index contributed by atoms with van der Waals surface area (Å²) in [5, 5.41) is 2.85. The van der Waals surface area contributed by atoms with Crippen molar-refractivity contribution in [2.45, 2.75) is 32.1 Å². The van der Waals surface area contributed by atoms with Crippen molar-refractivity contribution in [2.75, 3.05) is 25.5 Å². The summed E-state index contributed by atoms with van der Waals surface area (Å²) >= 11 is 0. The Morgan fingerprint density at radius 3 is 2.26 bits per heavy atom. The van der Waals surface area contributed by atoms with E-state index in [4.69, 9.17) is 9.47 Å². The first-order chi connectivity index (χ1) is 16.1. The maximum absolute atomic E-state index is 13.1. The molecule has 8 heteroatoms. The number of rotatable bonds is 9. The van der Waals surface area contributed by atoms with Gasteiger partial charge in [0, 0.05) is 12.1 Å². The number of carbonyl (C=O) groups is 1. The molecule has 0 bridgehead atoms. The van der Waals surface area contributed by atoms with Crippen LogP contribution in [0.4, 0.5) is 5.69 Å². The van der Waals surface area contributed by atoms with Crippen LogP contribution in [0.25, 0.3) is 0 Å². The topological polar surface area (TPSA) is 93.7 Å². The zero-order chi connectivity index (χ0) is 24.9. The maximum Gasteiger partial charge on any atom is 0.262 e. The van der Waals surface area contributed by atoms with Crippen LogP contribution in [0, 0.1) is 20.8 Å². The van der Waals surface area contributed by atoms with E-state index in [1.165, 1.54) is 6.07 Å². The molecule has 3 rings (SSSR count). The van der Waals surface area contributed by atoms with Gasteiger partial charge in [-0.15, -0.1) is 0 Å². The molecule has 0 spiro atoms. The number of amides is 1. The quantitative estimate of drug-likeness (QED) is 0.471. The first kappa shape index (κ1) is 25.1. The molecule has 0 saturated carbocycles. The summed E-state index contributed by atoms with van der Waals surface area (Å²) in [7, 11) is -0.723. The van der Waals surface area contributed by atoms with Crippen molar-refractivity contribution < 1.29 is 22.7 Å². The fraction of sp³-hybridized carbons (Fsp3) is 0.269. The van der Waals surface area contributed by atoms with Crippen LogP contribution in [0.5, 0.6) is 11.5 Å². The number of hydrogen-bond donors (Lipinski definition) is 2. The Hall–Kier alpha value is -3.52. The van der Waals surface area contributed by atoms with Crippen LogP contribution in [-0.4, -0.2) is 35.1 Å². The second kappa shape index (κ2) is 10.6. The monoisotopic (exact) mass is 482 g/mol. The number of aryl methyl sites for hydroxylation is 3. The largest absolute Gasteiger partial charge is 0.493 e. The predicted molar refractivity (Wildman–Crippen MR) is 133 cm³/mol. The zero-order valence-electron chi connectivity index (χ0n) is 20.1. The van der Waals surface area contributed by atoms with E-state index in [2.05, 4.69) is 10.0 Å². The molecule has 34 heavy (non-hydrogen) atoms. The van der Waals surface area contributed by atoms with Gasteiger partial charge in [0.15, 0.2) is 11.5 Å². The van der Waals surface area contributed by atoms with E-state index in [-0.39, 0.29) is 16.4 Å². The van der Waals surface area contributed by atoms with Gasteiger partial charge >= 0.3 is 0 Å². The Morgan fingerprint density at radius 1 is 0.853 bits per heavy atom. The van der Waals surface area contributed by atoms with Gasteiger partial charge in [0.1, 0.15) is 0 Å². The molecule has 0 fully saturated rings. The normalized spacial score (nSPS) is 11.1. The molecule has 0 radical (unpaired) electrons. The number of carbonyl (C=O) groups excluding carboxylic acids is 1. The van der Waals surface area contributed by atoms with Crippen LogP contribution < -0.4 is 19.5 Å². The molecule has 0 aromatic heterocycles. The first-order valence-electron chi connectivity index (χ1n) is 10.8. The molecule has 0 unspecified atom stereocenters. The zero-order valence-corrected chi connectivity index (χ0v) is 20.9. The molecule has 7 nitrogen and oxygen atoms in total. The van der Waals surface area contributed by atoms with E-state index in [1.807, 2.05) is 44.2 Å². The van der Waals surface area contributed by atoms with Gasteiger partial charge in [-0.2, -0.15) is 0 Å². The molecule has 0 aliphatic carbocycles. The minimum atomic E-state index is -3.87. The van der Waals surface area contributed by atoms with Gasteiger partial charge in [0.2, 0.25) is 0 Å². The van der Waals surface area contributed by atoms with Crippen molar-refractivity contribution in [1.29, 1.82) is 0 Å². The van der Waals surface area contributed by atoms with Crippen LogP contribution in [0.15, 0.2) is 59.5 Å². The minimum absolute atomic E-state index is 0.0695. The van der Waals surface area contributed by atoms with Crippen molar-refractivity contribution in [1.82, 2.24) is 5.32 Å². The summed E-state index contributed by atoms with van der Waals surface area (Å²) in [6.07, 6.45) is 0.581. The number of nitrogens with one attached hydrogen (secondary N) is 2. The number of sulfonamides is 1. The lowest BCUT2D eigenvalue weighted by atomic mass is 10.1. The average Bonchev–Trinajstić information content (AvgIpc) is 2.80. The lowest BCUT2D eigenvalue weighted by Gasteiger charge is -2.14. The standard InChI is InChI=1S/C26H30N2O5S/c1-17-6-10-22(19(3)14-17)28-34(30,31)25-16-21(9-7-18(25)2)26(29)27-13-12-20-8-11-23(32-4)24(15-20)33-5/h6-11,14-16,28H,12-13H2,1-5H3,(H,27,29). The highest BCUT2D eigenvalue weighted by Crippen LogP contribution is 2.28. The summed E-state index contributed by atoms with van der Waals surface area (Å²) in [4.78, 5) is 12.8. The fourth-order valence-electron chi connectivity index (χ4n) is 3.62. The van der Waals surface area contributed by atoms with Crippen molar-refractivity contribution in [3.63, 3.8) is 0 Å². The van der Waals surface area contributed by atoms with Gasteiger partial charge in [-0.1, -0.05) is 29.8 Å². The van der Waals surface area contributed by atoms with Gasteiger partial charge in [0.05, 0.1) is 24.8 Å². The summed E-state index contributed by atoms with van der Waals surface area (Å²) in [6, 6.07) is 15.7. The van der Waals surface area contributed by atoms with Crippen molar-refractivity contribution in [3.8, 4) is 11.5 Å². The molecular formula is C26H30N2O5S. The SMILES string of the molecule is COc1ccc(CCNC(=O)c2ccc(C)c(S(=O)(=O)Nc3ccc(C)cc3C)c2)cc1OC. The Labute approximate surface area is 201 Å². The number of ether oxygens (including phenoxy) is 2. The van der Waals surface area contributed by atoms with E-state index < -0.39 is 10.0 Å². The molecule has 0 saturated heterocycles. The molecular weight excluding hydrogens is 452 g/mol. The van der Waals surface area contributed by atoms with Crippen LogP contribution in [0.1, 0.15) is 32.6 Å². The Balaban J connectivity index is 1.71. The van der Waals surface area contributed by atoms with Crippen molar-refractivity contribution in [2.24, 2.45) is 0 Å². The third kappa shape index (κ3) is 5.88. The Bertz CT molecular complexity index is 1300.